The van der Waals surface area contributed by atoms with Crippen molar-refractivity contribution >= 4 is 27.0 Å². The average molecular weight is 419 g/mol. The van der Waals surface area contributed by atoms with Gasteiger partial charge in [0, 0.05) is 19.2 Å². The summed E-state index contributed by atoms with van der Waals surface area (Å²) >= 11 is 0. The molecule has 29 heavy (non-hydrogen) atoms. The number of nitrogens with zero attached hydrogens (tertiary/aromatic N) is 1. The molecular weight excluding hydrogens is 398 g/mol. The number of aryl methyl sites for hydroxylation is 1. The van der Waals surface area contributed by atoms with Gasteiger partial charge in [-0.05, 0) is 44.0 Å². The monoisotopic (exact) mass is 419 g/mol. The largest absolute Gasteiger partial charge is 0.465 e. The average Bonchev–Trinajstić information content (AvgIpc) is 3.29. The summed E-state index contributed by atoms with van der Waals surface area (Å²) in [5, 5.41) is 2.81. The topological polar surface area (TPSA) is 126 Å². The number of amides is 1. The minimum absolute atomic E-state index is 0.0277. The Kier molecular flexibility index (Phi) is 5.05. The molecule has 1 atom stereocenters. The molecule has 0 radical (unpaired) electrons. The van der Waals surface area contributed by atoms with Crippen LogP contribution in [0.5, 0.6) is 0 Å². The molecule has 1 fully saturated rings. The Morgan fingerprint density at radius 3 is 2.86 bits per heavy atom. The third kappa shape index (κ3) is 3.99. The van der Waals surface area contributed by atoms with E-state index in [0.29, 0.717) is 30.7 Å². The van der Waals surface area contributed by atoms with Crippen molar-refractivity contribution in [3.8, 4) is 0 Å². The van der Waals surface area contributed by atoms with Crippen LogP contribution in [-0.4, -0.2) is 36.7 Å². The van der Waals surface area contributed by atoms with Gasteiger partial charge < -0.3 is 14.2 Å². The molecule has 1 amide bonds. The Bertz CT molecular complexity index is 1210. The lowest BCUT2D eigenvalue weighted by atomic mass is 9.99. The Morgan fingerprint density at radius 1 is 1.28 bits per heavy atom. The van der Waals surface area contributed by atoms with Gasteiger partial charge in [0.05, 0.1) is 22.9 Å². The summed E-state index contributed by atoms with van der Waals surface area (Å²) in [7, 11) is -3.82. The van der Waals surface area contributed by atoms with Crippen molar-refractivity contribution in [2.75, 3.05) is 13.1 Å². The first kappa shape index (κ1) is 19.5. The van der Waals surface area contributed by atoms with Gasteiger partial charge >= 0.3 is 5.76 Å². The van der Waals surface area contributed by atoms with Gasteiger partial charge in [-0.2, -0.15) is 4.31 Å². The molecule has 2 N–H and O–H groups in total. The molecule has 1 saturated heterocycles. The number of H-pyrrole nitrogens is 1. The standard InChI is InChI=1S/C19H21N3O6S/c1-12-4-5-14(27-12)10-20-18(23)13-3-2-8-22(11-13)29(25,26)15-6-7-16-17(9-15)28-19(24)21-16/h4-7,9,13H,2-3,8,10-11H2,1H3,(H,20,23)(H,21,24)/t13-/m0/s1. The Balaban J connectivity index is 1.47. The zero-order valence-electron chi connectivity index (χ0n) is 15.8. The number of rotatable bonds is 5. The number of piperidine rings is 1. The Morgan fingerprint density at radius 2 is 2.10 bits per heavy atom. The second kappa shape index (κ2) is 7.53. The van der Waals surface area contributed by atoms with Gasteiger partial charge in [-0.1, -0.05) is 0 Å². The van der Waals surface area contributed by atoms with Gasteiger partial charge in [0.15, 0.2) is 5.58 Å². The number of carbonyl (C=O) groups excluding carboxylic acids is 1. The smallest absolute Gasteiger partial charge is 0.417 e. The van der Waals surface area contributed by atoms with Crippen molar-refractivity contribution in [2.24, 2.45) is 5.92 Å². The Labute approximate surface area is 166 Å². The number of fused-ring (bicyclic) bond motifs is 1. The minimum atomic E-state index is -3.82. The molecule has 3 heterocycles. The van der Waals surface area contributed by atoms with Crippen LogP contribution in [0.2, 0.25) is 0 Å². The van der Waals surface area contributed by atoms with Crippen molar-refractivity contribution < 1.29 is 22.0 Å². The molecule has 0 aliphatic carbocycles. The number of aromatic nitrogens is 1. The highest BCUT2D eigenvalue weighted by molar-refractivity contribution is 7.89. The highest BCUT2D eigenvalue weighted by Crippen LogP contribution is 2.25. The summed E-state index contributed by atoms with van der Waals surface area (Å²) in [5.41, 5.74) is 0.606. The number of furan rings is 1. The minimum Gasteiger partial charge on any atom is -0.465 e. The van der Waals surface area contributed by atoms with Crippen molar-refractivity contribution in [1.82, 2.24) is 14.6 Å². The molecule has 0 bridgehead atoms. The summed E-state index contributed by atoms with van der Waals surface area (Å²) in [5.74, 6) is 0.127. The van der Waals surface area contributed by atoms with E-state index in [1.54, 1.807) is 6.07 Å². The summed E-state index contributed by atoms with van der Waals surface area (Å²) in [6.45, 7) is 2.52. The van der Waals surface area contributed by atoms with E-state index in [0.717, 1.165) is 5.76 Å². The molecule has 0 saturated carbocycles. The third-order valence-electron chi connectivity index (χ3n) is 5.02. The number of nitrogens with one attached hydrogen (secondary N) is 2. The number of oxazole rings is 1. The van der Waals surface area contributed by atoms with Crippen LogP contribution in [0.25, 0.3) is 11.1 Å². The maximum atomic E-state index is 13.0. The molecule has 1 aromatic carbocycles. The predicted octanol–water partition coefficient (Wildman–Crippen LogP) is 1.74. The van der Waals surface area contributed by atoms with E-state index in [1.807, 2.05) is 13.0 Å². The first-order valence-corrected chi connectivity index (χ1v) is 10.7. The summed E-state index contributed by atoms with van der Waals surface area (Å²) < 4.78 is 37.8. The Hall–Kier alpha value is -2.85. The molecule has 1 aliphatic heterocycles. The lowest BCUT2D eigenvalue weighted by Crippen LogP contribution is -2.45. The molecule has 2 aromatic heterocycles. The second-order valence-corrected chi connectivity index (χ2v) is 9.04. The zero-order valence-corrected chi connectivity index (χ0v) is 16.6. The fourth-order valence-electron chi connectivity index (χ4n) is 3.51. The number of aromatic amines is 1. The van der Waals surface area contributed by atoms with Crippen molar-refractivity contribution in [1.29, 1.82) is 0 Å². The maximum Gasteiger partial charge on any atom is 0.417 e. The zero-order chi connectivity index (χ0) is 20.6. The summed E-state index contributed by atoms with van der Waals surface area (Å²) in [6, 6.07) is 7.85. The molecule has 0 spiro atoms. The highest BCUT2D eigenvalue weighted by Gasteiger charge is 2.33. The van der Waals surface area contributed by atoms with Gasteiger partial charge in [-0.25, -0.2) is 13.2 Å². The number of benzene rings is 1. The van der Waals surface area contributed by atoms with Crippen molar-refractivity contribution in [3.63, 3.8) is 0 Å². The molecule has 10 heteroatoms. The number of hydrogen-bond acceptors (Lipinski definition) is 6. The van der Waals surface area contributed by atoms with Gasteiger partial charge in [0.2, 0.25) is 15.9 Å². The van der Waals surface area contributed by atoms with E-state index in [9.17, 15) is 18.0 Å². The fraction of sp³-hybridized carbons (Fsp3) is 0.368. The first-order chi connectivity index (χ1) is 13.8. The molecule has 0 unspecified atom stereocenters. The second-order valence-electron chi connectivity index (χ2n) is 7.10. The van der Waals surface area contributed by atoms with Gasteiger partial charge in [0.25, 0.3) is 0 Å². The van der Waals surface area contributed by atoms with Gasteiger partial charge in [-0.15, -0.1) is 0 Å². The lowest BCUT2D eigenvalue weighted by molar-refractivity contribution is -0.126. The first-order valence-electron chi connectivity index (χ1n) is 9.29. The van der Waals surface area contributed by atoms with Crippen LogP contribution in [0, 0.1) is 12.8 Å². The fourth-order valence-corrected chi connectivity index (χ4v) is 5.05. The van der Waals surface area contributed by atoms with E-state index in [2.05, 4.69) is 10.3 Å². The number of hydrogen-bond donors (Lipinski definition) is 2. The maximum absolute atomic E-state index is 13.0. The molecular formula is C19H21N3O6S. The SMILES string of the molecule is Cc1ccc(CNC(=O)[C@H]2CCCN(S(=O)(=O)c3ccc4[nH]c(=O)oc4c3)C2)o1. The highest BCUT2D eigenvalue weighted by atomic mass is 32.2. The summed E-state index contributed by atoms with van der Waals surface area (Å²) in [6.07, 6.45) is 1.19. The van der Waals surface area contributed by atoms with E-state index in [-0.39, 0.29) is 29.5 Å². The van der Waals surface area contributed by atoms with Crippen molar-refractivity contribution in [3.05, 3.63) is 52.4 Å². The summed E-state index contributed by atoms with van der Waals surface area (Å²) in [4.78, 5) is 26.3. The van der Waals surface area contributed by atoms with Crippen molar-refractivity contribution in [2.45, 2.75) is 31.2 Å². The van der Waals surface area contributed by atoms with Crippen LogP contribution in [0.4, 0.5) is 0 Å². The van der Waals surface area contributed by atoms with Crippen LogP contribution in [-0.2, 0) is 21.4 Å². The van der Waals surface area contributed by atoms with Crippen LogP contribution in [0.3, 0.4) is 0 Å². The quantitative estimate of drug-likeness (QED) is 0.649. The van der Waals surface area contributed by atoms with E-state index < -0.39 is 21.7 Å². The molecule has 4 rings (SSSR count). The molecule has 3 aromatic rings. The number of sulfonamides is 1. The number of carbonyl (C=O) groups is 1. The van der Waals surface area contributed by atoms with E-state index in [4.69, 9.17) is 8.83 Å². The van der Waals surface area contributed by atoms with E-state index in [1.165, 1.54) is 22.5 Å². The van der Waals surface area contributed by atoms with Gasteiger partial charge in [0.1, 0.15) is 11.5 Å². The van der Waals surface area contributed by atoms with Crippen LogP contribution >= 0.6 is 0 Å². The van der Waals surface area contributed by atoms with E-state index >= 15 is 0 Å². The third-order valence-corrected chi connectivity index (χ3v) is 6.88. The predicted molar refractivity (Wildman–Crippen MR) is 104 cm³/mol. The normalized spacial score (nSPS) is 18.2. The van der Waals surface area contributed by atoms with Crippen LogP contribution < -0.4 is 11.1 Å². The molecule has 1 aliphatic rings. The molecule has 9 nitrogen and oxygen atoms in total. The van der Waals surface area contributed by atoms with Gasteiger partial charge in [-0.3, -0.25) is 9.78 Å². The lowest BCUT2D eigenvalue weighted by Gasteiger charge is -2.31. The van der Waals surface area contributed by atoms with Crippen LogP contribution in [0.15, 0.2) is 48.9 Å². The van der Waals surface area contributed by atoms with Crippen LogP contribution in [0.1, 0.15) is 24.4 Å². The molecule has 154 valence electrons.